The first-order valence-electron chi connectivity index (χ1n) is 7.38. The van der Waals surface area contributed by atoms with Gasteiger partial charge in [-0.2, -0.15) is 0 Å². The Morgan fingerprint density at radius 1 is 1.08 bits per heavy atom. The van der Waals surface area contributed by atoms with Gasteiger partial charge in [0.2, 0.25) is 0 Å². The van der Waals surface area contributed by atoms with Gasteiger partial charge in [-0.3, -0.25) is 9.71 Å². The lowest BCUT2D eigenvalue weighted by atomic mass is 10.2. The lowest BCUT2D eigenvalue weighted by molar-refractivity contribution is -0.274. The van der Waals surface area contributed by atoms with Gasteiger partial charge in [-0.1, -0.05) is 12.1 Å². The van der Waals surface area contributed by atoms with Crippen LogP contribution in [0.15, 0.2) is 59.6 Å². The Bertz CT molecular complexity index is 1050. The number of nitrogens with one attached hydrogen (secondary N) is 1. The number of ether oxygens (including phenoxy) is 1. The van der Waals surface area contributed by atoms with Gasteiger partial charge in [0.1, 0.15) is 10.6 Å². The zero-order valence-electron chi connectivity index (χ0n) is 13.4. The average molecular weight is 382 g/mol. The van der Waals surface area contributed by atoms with Crippen LogP contribution in [0.25, 0.3) is 10.9 Å². The molecule has 0 fully saturated rings. The summed E-state index contributed by atoms with van der Waals surface area (Å²) in [5.41, 5.74) is 1.30. The van der Waals surface area contributed by atoms with Crippen molar-refractivity contribution in [3.63, 3.8) is 0 Å². The van der Waals surface area contributed by atoms with Gasteiger partial charge in [-0.25, -0.2) is 8.42 Å². The van der Waals surface area contributed by atoms with Gasteiger partial charge in [0, 0.05) is 17.3 Å². The fourth-order valence-electron chi connectivity index (χ4n) is 2.39. The summed E-state index contributed by atoms with van der Waals surface area (Å²) in [6.07, 6.45) is -3.25. The SMILES string of the molecule is Cc1cnc2c(S(=O)(=O)Nc3ccc(OC(F)(F)F)cc3)cccc2c1. The highest BCUT2D eigenvalue weighted by Gasteiger charge is 2.31. The lowest BCUT2D eigenvalue weighted by Crippen LogP contribution is -2.17. The third-order valence-electron chi connectivity index (χ3n) is 3.44. The van der Waals surface area contributed by atoms with Crippen molar-refractivity contribution in [3.05, 3.63) is 60.3 Å². The predicted octanol–water partition coefficient (Wildman–Crippen LogP) is 4.24. The molecule has 9 heteroatoms. The summed E-state index contributed by atoms with van der Waals surface area (Å²) in [7, 11) is -3.98. The van der Waals surface area contributed by atoms with Crippen LogP contribution in [0.3, 0.4) is 0 Å². The van der Waals surface area contributed by atoms with Crippen LogP contribution < -0.4 is 9.46 Å². The van der Waals surface area contributed by atoms with E-state index in [4.69, 9.17) is 0 Å². The highest BCUT2D eigenvalue weighted by Crippen LogP contribution is 2.27. The maximum absolute atomic E-state index is 12.7. The van der Waals surface area contributed by atoms with Crippen molar-refractivity contribution >= 4 is 26.6 Å². The predicted molar refractivity (Wildman–Crippen MR) is 90.4 cm³/mol. The zero-order valence-corrected chi connectivity index (χ0v) is 14.2. The van der Waals surface area contributed by atoms with Crippen LogP contribution in [0, 0.1) is 6.92 Å². The van der Waals surface area contributed by atoms with E-state index in [2.05, 4.69) is 14.4 Å². The number of anilines is 1. The molecule has 1 heterocycles. The molecule has 26 heavy (non-hydrogen) atoms. The van der Waals surface area contributed by atoms with Crippen molar-refractivity contribution in [2.24, 2.45) is 0 Å². The molecule has 0 unspecified atom stereocenters. The van der Waals surface area contributed by atoms with Crippen molar-refractivity contribution in [3.8, 4) is 5.75 Å². The second kappa shape index (κ2) is 6.49. The van der Waals surface area contributed by atoms with E-state index in [9.17, 15) is 21.6 Å². The molecule has 1 aromatic heterocycles. The maximum Gasteiger partial charge on any atom is 0.573 e. The number of hydrogen-bond donors (Lipinski definition) is 1. The third-order valence-corrected chi connectivity index (χ3v) is 4.85. The second-order valence-corrected chi connectivity index (χ2v) is 7.17. The summed E-state index contributed by atoms with van der Waals surface area (Å²) < 4.78 is 67.9. The van der Waals surface area contributed by atoms with Crippen LogP contribution in [-0.4, -0.2) is 19.8 Å². The van der Waals surface area contributed by atoms with Crippen LogP contribution in [0.2, 0.25) is 0 Å². The number of halogens is 3. The van der Waals surface area contributed by atoms with Crippen molar-refractivity contribution in [1.82, 2.24) is 4.98 Å². The number of alkyl halides is 3. The number of rotatable bonds is 4. The average Bonchev–Trinajstić information content (AvgIpc) is 2.54. The van der Waals surface area contributed by atoms with Gasteiger partial charge in [0.15, 0.2) is 0 Å². The fourth-order valence-corrected chi connectivity index (χ4v) is 3.63. The number of para-hydroxylation sites is 1. The Morgan fingerprint density at radius 3 is 2.42 bits per heavy atom. The molecule has 0 amide bonds. The molecule has 0 saturated heterocycles. The summed E-state index contributed by atoms with van der Waals surface area (Å²) in [5.74, 6) is -0.442. The van der Waals surface area contributed by atoms with Crippen LogP contribution in [0.4, 0.5) is 18.9 Å². The summed E-state index contributed by atoms with van der Waals surface area (Å²) in [6.45, 7) is 1.84. The molecule has 0 aliphatic rings. The van der Waals surface area contributed by atoms with Crippen molar-refractivity contribution in [2.45, 2.75) is 18.2 Å². The van der Waals surface area contributed by atoms with E-state index in [0.717, 1.165) is 17.7 Å². The number of aromatic nitrogens is 1. The van der Waals surface area contributed by atoms with Crippen molar-refractivity contribution in [1.29, 1.82) is 0 Å². The molecule has 1 N–H and O–H groups in total. The molecule has 0 spiro atoms. The quantitative estimate of drug-likeness (QED) is 0.733. The monoisotopic (exact) mass is 382 g/mol. The van der Waals surface area contributed by atoms with Crippen molar-refractivity contribution < 1.29 is 26.3 Å². The molecule has 0 aliphatic carbocycles. The molecule has 5 nitrogen and oxygen atoms in total. The summed E-state index contributed by atoms with van der Waals surface area (Å²) in [5, 5.41) is 0.668. The molecule has 0 bridgehead atoms. The van der Waals surface area contributed by atoms with E-state index in [1.54, 1.807) is 18.3 Å². The Labute approximate surface area is 147 Å². The number of sulfonamides is 1. The number of nitrogens with zero attached hydrogens (tertiary/aromatic N) is 1. The first kappa shape index (κ1) is 18.0. The number of benzene rings is 2. The summed E-state index contributed by atoms with van der Waals surface area (Å²) in [4.78, 5) is 4.16. The maximum atomic E-state index is 12.7. The third kappa shape index (κ3) is 4.05. The zero-order chi connectivity index (χ0) is 18.9. The van der Waals surface area contributed by atoms with Crippen molar-refractivity contribution in [2.75, 3.05) is 4.72 Å². The normalized spacial score (nSPS) is 12.2. The Hall–Kier alpha value is -2.81. The minimum atomic E-state index is -4.81. The van der Waals surface area contributed by atoms with E-state index in [0.29, 0.717) is 10.9 Å². The van der Waals surface area contributed by atoms with Gasteiger partial charge in [0.25, 0.3) is 10.0 Å². The molecule has 3 rings (SSSR count). The number of aryl methyl sites for hydroxylation is 1. The standard InChI is InChI=1S/C17H13F3N2O3S/c1-11-9-12-3-2-4-15(16(12)21-10-11)26(23,24)22-13-5-7-14(8-6-13)25-17(18,19)20/h2-10,22H,1H3. The Kier molecular flexibility index (Phi) is 4.49. The van der Waals surface area contributed by atoms with Gasteiger partial charge >= 0.3 is 6.36 Å². The molecule has 0 atom stereocenters. The van der Waals surface area contributed by atoms with Crippen LogP contribution in [-0.2, 0) is 10.0 Å². The molecule has 136 valence electrons. The van der Waals surface area contributed by atoms with E-state index in [-0.39, 0.29) is 10.6 Å². The Morgan fingerprint density at radius 2 is 1.77 bits per heavy atom. The van der Waals surface area contributed by atoms with E-state index >= 15 is 0 Å². The molecular formula is C17H13F3N2O3S. The minimum absolute atomic E-state index is 0.0226. The van der Waals surface area contributed by atoms with E-state index < -0.39 is 22.1 Å². The van der Waals surface area contributed by atoms with Crippen LogP contribution in [0.5, 0.6) is 5.75 Å². The Balaban J connectivity index is 1.90. The molecular weight excluding hydrogens is 369 g/mol. The highest BCUT2D eigenvalue weighted by atomic mass is 32.2. The summed E-state index contributed by atoms with van der Waals surface area (Å²) in [6, 6.07) is 11.0. The molecule has 2 aromatic carbocycles. The summed E-state index contributed by atoms with van der Waals surface area (Å²) >= 11 is 0. The van der Waals surface area contributed by atoms with Gasteiger partial charge < -0.3 is 4.74 Å². The largest absolute Gasteiger partial charge is 0.573 e. The molecule has 0 saturated carbocycles. The van der Waals surface area contributed by atoms with E-state index in [1.165, 1.54) is 18.2 Å². The number of fused-ring (bicyclic) bond motifs is 1. The highest BCUT2D eigenvalue weighted by molar-refractivity contribution is 7.93. The molecule has 0 aliphatic heterocycles. The van der Waals surface area contributed by atoms with Crippen LogP contribution in [0.1, 0.15) is 5.56 Å². The van der Waals surface area contributed by atoms with Gasteiger partial charge in [0.05, 0.1) is 5.52 Å². The van der Waals surface area contributed by atoms with Crippen LogP contribution >= 0.6 is 0 Å². The minimum Gasteiger partial charge on any atom is -0.406 e. The van der Waals surface area contributed by atoms with Gasteiger partial charge in [-0.05, 0) is 48.9 Å². The first-order chi connectivity index (χ1) is 12.1. The second-order valence-electron chi connectivity index (χ2n) is 5.52. The fraction of sp³-hybridized carbons (Fsp3) is 0.118. The lowest BCUT2D eigenvalue weighted by Gasteiger charge is -2.12. The number of hydrogen-bond acceptors (Lipinski definition) is 4. The smallest absolute Gasteiger partial charge is 0.406 e. The van der Waals surface area contributed by atoms with Gasteiger partial charge in [-0.15, -0.1) is 13.2 Å². The topological polar surface area (TPSA) is 68.3 Å². The van der Waals surface area contributed by atoms with E-state index in [1.807, 2.05) is 13.0 Å². The number of pyridine rings is 1. The molecule has 3 aromatic rings. The first-order valence-corrected chi connectivity index (χ1v) is 8.86. The molecule has 0 radical (unpaired) electrons.